The van der Waals surface area contributed by atoms with Crippen molar-refractivity contribution in [2.45, 2.75) is 19.5 Å². The molecule has 1 unspecified atom stereocenters. The molecular formula is C22H22FN5O2. The van der Waals surface area contributed by atoms with Gasteiger partial charge >= 0.3 is 5.97 Å². The number of carbonyl (C=O) groups is 1. The van der Waals surface area contributed by atoms with Gasteiger partial charge in [0.1, 0.15) is 11.5 Å². The number of ether oxygens (including phenoxy) is 1. The Bertz CT molecular complexity index is 1300. The summed E-state index contributed by atoms with van der Waals surface area (Å²) in [6.45, 7) is 6.25. The van der Waals surface area contributed by atoms with Gasteiger partial charge in [-0.1, -0.05) is 6.08 Å². The Kier molecular flexibility index (Phi) is 4.87. The molecule has 4 aromatic rings. The van der Waals surface area contributed by atoms with Crippen molar-refractivity contribution in [2.75, 3.05) is 7.11 Å². The topological polar surface area (TPSA) is 88.0 Å². The van der Waals surface area contributed by atoms with E-state index in [9.17, 15) is 9.18 Å². The van der Waals surface area contributed by atoms with E-state index < -0.39 is 11.8 Å². The number of benzene rings is 1. The van der Waals surface area contributed by atoms with Gasteiger partial charge < -0.3 is 19.6 Å². The molecular weight excluding hydrogens is 385 g/mol. The summed E-state index contributed by atoms with van der Waals surface area (Å²) < 4.78 is 22.9. The molecule has 0 aliphatic carbocycles. The standard InChI is InChI=1S/C22H22FN5O2/c1-5-8-28-19(9-13-6-7-16(12(2)24)25-20(13)28)21-26-17-10-14(22(29)30-4)15(23)11-18(17)27(21)3/h5-7,9-12H,1,8,24H2,2-4H3. The normalized spacial score (nSPS) is 12.4. The van der Waals surface area contributed by atoms with E-state index >= 15 is 0 Å². The van der Waals surface area contributed by atoms with Gasteiger partial charge in [-0.15, -0.1) is 6.58 Å². The van der Waals surface area contributed by atoms with Crippen LogP contribution < -0.4 is 5.73 Å². The quantitative estimate of drug-likeness (QED) is 0.402. The molecule has 0 radical (unpaired) electrons. The molecule has 7 nitrogen and oxygen atoms in total. The summed E-state index contributed by atoms with van der Waals surface area (Å²) in [6.07, 6.45) is 1.78. The van der Waals surface area contributed by atoms with Crippen LogP contribution in [0, 0.1) is 5.82 Å². The summed E-state index contributed by atoms with van der Waals surface area (Å²) in [5, 5.41) is 0.935. The van der Waals surface area contributed by atoms with Crippen LogP contribution in [0.25, 0.3) is 33.6 Å². The predicted molar refractivity (Wildman–Crippen MR) is 114 cm³/mol. The number of halogens is 1. The van der Waals surface area contributed by atoms with Gasteiger partial charge in [-0.05, 0) is 31.2 Å². The van der Waals surface area contributed by atoms with Crippen LogP contribution in [0.1, 0.15) is 29.0 Å². The summed E-state index contributed by atoms with van der Waals surface area (Å²) in [4.78, 5) is 21.2. The van der Waals surface area contributed by atoms with Crippen LogP contribution in [0.2, 0.25) is 0 Å². The zero-order valence-electron chi connectivity index (χ0n) is 17.0. The summed E-state index contributed by atoms with van der Waals surface area (Å²) >= 11 is 0. The SMILES string of the molecule is C=CCn1c(-c2nc3cc(C(=O)OC)c(F)cc3n2C)cc2ccc(C(C)N)nc21. The van der Waals surface area contributed by atoms with Crippen molar-refractivity contribution in [3.05, 3.63) is 60.1 Å². The minimum Gasteiger partial charge on any atom is -0.465 e. The molecule has 0 saturated heterocycles. The van der Waals surface area contributed by atoms with E-state index in [-0.39, 0.29) is 11.6 Å². The minimum absolute atomic E-state index is 0.149. The van der Waals surface area contributed by atoms with E-state index in [4.69, 9.17) is 10.7 Å². The molecule has 0 fully saturated rings. The molecule has 4 rings (SSSR count). The summed E-state index contributed by atoms with van der Waals surface area (Å²) in [5.74, 6) is -0.776. The van der Waals surface area contributed by atoms with Crippen molar-refractivity contribution in [3.63, 3.8) is 0 Å². The van der Waals surface area contributed by atoms with Gasteiger partial charge in [0, 0.05) is 31.1 Å². The van der Waals surface area contributed by atoms with E-state index in [2.05, 4.69) is 16.3 Å². The van der Waals surface area contributed by atoms with Crippen molar-refractivity contribution in [1.29, 1.82) is 0 Å². The van der Waals surface area contributed by atoms with Crippen molar-refractivity contribution in [3.8, 4) is 11.5 Å². The molecule has 0 aliphatic rings. The maximum Gasteiger partial charge on any atom is 0.340 e. The van der Waals surface area contributed by atoms with Crippen molar-refractivity contribution < 1.29 is 13.9 Å². The van der Waals surface area contributed by atoms with Crippen LogP contribution in [0.5, 0.6) is 0 Å². The second-order valence-electron chi connectivity index (χ2n) is 7.17. The summed E-state index contributed by atoms with van der Waals surface area (Å²) in [7, 11) is 3.02. The number of carbonyl (C=O) groups excluding carboxylic acids is 1. The number of allylic oxidation sites excluding steroid dienone is 1. The fourth-order valence-corrected chi connectivity index (χ4v) is 3.60. The van der Waals surface area contributed by atoms with Crippen LogP contribution in [-0.2, 0) is 18.3 Å². The Morgan fingerprint density at radius 3 is 2.77 bits per heavy atom. The summed E-state index contributed by atoms with van der Waals surface area (Å²) in [5.41, 5.74) is 9.27. The molecule has 0 amide bonds. The second kappa shape index (κ2) is 7.38. The molecule has 1 atom stereocenters. The Morgan fingerprint density at radius 1 is 1.33 bits per heavy atom. The number of hydrogen-bond donors (Lipinski definition) is 1. The predicted octanol–water partition coefficient (Wildman–Crippen LogP) is 3.72. The van der Waals surface area contributed by atoms with Crippen LogP contribution >= 0.6 is 0 Å². The van der Waals surface area contributed by atoms with Crippen molar-refractivity contribution in [2.24, 2.45) is 12.8 Å². The first-order valence-electron chi connectivity index (χ1n) is 9.47. The Morgan fingerprint density at radius 2 is 2.10 bits per heavy atom. The lowest BCUT2D eigenvalue weighted by atomic mass is 10.2. The van der Waals surface area contributed by atoms with Gasteiger partial charge in [0.15, 0.2) is 5.82 Å². The third kappa shape index (κ3) is 3.05. The van der Waals surface area contributed by atoms with E-state index in [1.165, 1.54) is 19.2 Å². The molecule has 3 heterocycles. The molecule has 1 aromatic carbocycles. The highest BCUT2D eigenvalue weighted by Crippen LogP contribution is 2.31. The van der Waals surface area contributed by atoms with Crippen LogP contribution in [0.15, 0.2) is 43.0 Å². The lowest BCUT2D eigenvalue weighted by Gasteiger charge is -2.09. The lowest BCUT2D eigenvalue weighted by molar-refractivity contribution is 0.0595. The Labute approximate surface area is 172 Å². The fraction of sp³-hybridized carbons (Fsp3) is 0.227. The van der Waals surface area contributed by atoms with Crippen LogP contribution in [0.4, 0.5) is 4.39 Å². The van der Waals surface area contributed by atoms with Gasteiger partial charge in [0.05, 0.1) is 35.1 Å². The number of rotatable bonds is 5. The van der Waals surface area contributed by atoms with Gasteiger partial charge in [-0.2, -0.15) is 0 Å². The molecule has 0 saturated carbocycles. The minimum atomic E-state index is -0.741. The summed E-state index contributed by atoms with van der Waals surface area (Å²) in [6, 6.07) is 8.37. The highest BCUT2D eigenvalue weighted by molar-refractivity contribution is 5.95. The Hall–Kier alpha value is -3.52. The monoisotopic (exact) mass is 407 g/mol. The molecule has 2 N–H and O–H groups in total. The van der Waals surface area contributed by atoms with Crippen molar-refractivity contribution >= 4 is 28.0 Å². The number of esters is 1. The van der Waals surface area contributed by atoms with Crippen LogP contribution in [-0.4, -0.2) is 32.2 Å². The number of aromatic nitrogens is 4. The maximum atomic E-state index is 14.5. The van der Waals surface area contributed by atoms with E-state index in [0.29, 0.717) is 23.4 Å². The van der Waals surface area contributed by atoms with Crippen molar-refractivity contribution in [1.82, 2.24) is 19.1 Å². The first-order valence-corrected chi connectivity index (χ1v) is 9.47. The molecule has 0 bridgehead atoms. The van der Waals surface area contributed by atoms with Gasteiger partial charge in [-0.3, -0.25) is 0 Å². The second-order valence-corrected chi connectivity index (χ2v) is 7.17. The number of pyridine rings is 1. The molecule has 8 heteroatoms. The van der Waals surface area contributed by atoms with E-state index in [0.717, 1.165) is 22.4 Å². The van der Waals surface area contributed by atoms with Gasteiger partial charge in [0.25, 0.3) is 0 Å². The molecule has 30 heavy (non-hydrogen) atoms. The molecule has 3 aromatic heterocycles. The van der Waals surface area contributed by atoms with E-state index in [1.54, 1.807) is 17.7 Å². The Balaban J connectivity index is 1.97. The molecule has 0 aliphatic heterocycles. The lowest BCUT2D eigenvalue weighted by Crippen LogP contribution is -2.08. The number of fused-ring (bicyclic) bond motifs is 2. The average Bonchev–Trinajstić information content (AvgIpc) is 3.24. The smallest absolute Gasteiger partial charge is 0.340 e. The highest BCUT2D eigenvalue weighted by Gasteiger charge is 2.21. The number of nitrogens with two attached hydrogens (primary N) is 1. The number of methoxy groups -OCH3 is 1. The number of aryl methyl sites for hydroxylation is 1. The number of nitrogens with zero attached hydrogens (tertiary/aromatic N) is 4. The number of hydrogen-bond acceptors (Lipinski definition) is 5. The average molecular weight is 407 g/mol. The first-order chi connectivity index (χ1) is 14.3. The zero-order valence-corrected chi connectivity index (χ0v) is 17.0. The maximum absolute atomic E-state index is 14.5. The zero-order chi connectivity index (χ0) is 21.6. The van der Waals surface area contributed by atoms with Crippen LogP contribution in [0.3, 0.4) is 0 Å². The first kappa shape index (κ1) is 19.8. The highest BCUT2D eigenvalue weighted by atomic mass is 19.1. The third-order valence-electron chi connectivity index (χ3n) is 5.15. The molecule has 154 valence electrons. The van der Waals surface area contributed by atoms with Gasteiger partial charge in [0.2, 0.25) is 0 Å². The third-order valence-corrected chi connectivity index (χ3v) is 5.15. The molecule has 0 spiro atoms. The number of imidazole rings is 1. The largest absolute Gasteiger partial charge is 0.465 e. The fourth-order valence-electron chi connectivity index (χ4n) is 3.60. The van der Waals surface area contributed by atoms with Gasteiger partial charge in [-0.25, -0.2) is 19.2 Å². The van der Waals surface area contributed by atoms with E-state index in [1.807, 2.05) is 29.7 Å².